The van der Waals surface area contributed by atoms with E-state index in [0.717, 1.165) is 0 Å². The van der Waals surface area contributed by atoms with Crippen molar-refractivity contribution >= 4 is 23.3 Å². The second-order valence-electron chi connectivity index (χ2n) is 3.30. The SMILES string of the molecule is COC(=O)c1ccc(Cl)c(N(C)CCO)c1. The van der Waals surface area contributed by atoms with Gasteiger partial charge in [-0.3, -0.25) is 0 Å². The van der Waals surface area contributed by atoms with Crippen LogP contribution in [0, 0.1) is 0 Å². The number of esters is 1. The number of nitrogens with zero attached hydrogens (tertiary/aromatic N) is 1. The third-order valence-electron chi connectivity index (χ3n) is 2.21. The van der Waals surface area contributed by atoms with Crippen LogP contribution in [-0.2, 0) is 4.74 Å². The first kappa shape index (κ1) is 12.8. The lowest BCUT2D eigenvalue weighted by Crippen LogP contribution is -2.21. The van der Waals surface area contributed by atoms with Crippen molar-refractivity contribution in [3.05, 3.63) is 28.8 Å². The Labute approximate surface area is 99.4 Å². The molecule has 0 unspecified atom stereocenters. The predicted octanol–water partition coefficient (Wildman–Crippen LogP) is 1.56. The Balaban J connectivity index is 3.03. The van der Waals surface area contributed by atoms with Gasteiger partial charge in [-0.25, -0.2) is 4.79 Å². The minimum atomic E-state index is -0.407. The van der Waals surface area contributed by atoms with Gasteiger partial charge in [-0.15, -0.1) is 0 Å². The summed E-state index contributed by atoms with van der Waals surface area (Å²) in [5.74, 6) is -0.407. The maximum atomic E-state index is 11.3. The summed E-state index contributed by atoms with van der Waals surface area (Å²) in [5, 5.41) is 9.37. The summed E-state index contributed by atoms with van der Waals surface area (Å²) in [5.41, 5.74) is 1.13. The number of rotatable bonds is 4. The standard InChI is InChI=1S/C11H14ClNO3/c1-13(5-6-14)10-7-8(11(15)16-2)3-4-9(10)12/h3-4,7,14H,5-6H2,1-2H3. The molecule has 1 rings (SSSR count). The lowest BCUT2D eigenvalue weighted by atomic mass is 10.2. The molecule has 0 aliphatic heterocycles. The molecule has 0 spiro atoms. The van der Waals surface area contributed by atoms with Gasteiger partial charge in [-0.1, -0.05) is 11.6 Å². The van der Waals surface area contributed by atoms with Gasteiger partial charge < -0.3 is 14.7 Å². The van der Waals surface area contributed by atoms with Crippen molar-refractivity contribution in [3.63, 3.8) is 0 Å². The van der Waals surface area contributed by atoms with Crippen molar-refractivity contribution in [2.75, 3.05) is 32.2 Å². The van der Waals surface area contributed by atoms with Gasteiger partial charge in [-0.2, -0.15) is 0 Å². The van der Waals surface area contributed by atoms with Crippen molar-refractivity contribution in [3.8, 4) is 0 Å². The quantitative estimate of drug-likeness (QED) is 0.816. The number of aliphatic hydroxyl groups is 1. The number of carbonyl (C=O) groups excluding carboxylic acids is 1. The molecule has 0 aromatic heterocycles. The third-order valence-corrected chi connectivity index (χ3v) is 2.53. The van der Waals surface area contributed by atoms with Crippen molar-refractivity contribution in [1.29, 1.82) is 0 Å². The fraction of sp³-hybridized carbons (Fsp3) is 0.364. The Morgan fingerprint density at radius 2 is 2.25 bits per heavy atom. The van der Waals surface area contributed by atoms with Crippen LogP contribution in [0.4, 0.5) is 5.69 Å². The van der Waals surface area contributed by atoms with E-state index in [1.165, 1.54) is 7.11 Å². The number of hydrogen-bond acceptors (Lipinski definition) is 4. The molecule has 0 aliphatic rings. The summed E-state index contributed by atoms with van der Waals surface area (Å²) in [4.78, 5) is 13.1. The van der Waals surface area contributed by atoms with E-state index in [1.807, 2.05) is 0 Å². The fourth-order valence-electron chi connectivity index (χ4n) is 1.32. The zero-order chi connectivity index (χ0) is 12.1. The Bertz CT molecular complexity index is 381. The van der Waals surface area contributed by atoms with E-state index in [-0.39, 0.29) is 6.61 Å². The molecule has 0 atom stereocenters. The Morgan fingerprint density at radius 1 is 1.56 bits per heavy atom. The normalized spacial score (nSPS) is 10.0. The van der Waals surface area contributed by atoms with Crippen LogP contribution in [-0.4, -0.2) is 38.4 Å². The molecular weight excluding hydrogens is 230 g/mol. The molecule has 5 heteroatoms. The number of methoxy groups -OCH3 is 1. The van der Waals surface area contributed by atoms with E-state index in [1.54, 1.807) is 30.1 Å². The molecule has 0 aliphatic carbocycles. The van der Waals surface area contributed by atoms with Crippen molar-refractivity contribution in [2.45, 2.75) is 0 Å². The van der Waals surface area contributed by atoms with Gasteiger partial charge in [0.1, 0.15) is 0 Å². The number of likely N-dealkylation sites (N-methyl/N-ethyl adjacent to an activating group) is 1. The average molecular weight is 244 g/mol. The maximum Gasteiger partial charge on any atom is 0.337 e. The Kier molecular flexibility index (Phi) is 4.58. The lowest BCUT2D eigenvalue weighted by Gasteiger charge is -2.19. The lowest BCUT2D eigenvalue weighted by molar-refractivity contribution is 0.0601. The molecule has 0 radical (unpaired) electrons. The minimum absolute atomic E-state index is 0.0231. The minimum Gasteiger partial charge on any atom is -0.465 e. The molecule has 1 aromatic rings. The van der Waals surface area contributed by atoms with E-state index < -0.39 is 5.97 Å². The number of halogens is 1. The molecule has 0 heterocycles. The predicted molar refractivity (Wildman–Crippen MR) is 63.1 cm³/mol. The highest BCUT2D eigenvalue weighted by atomic mass is 35.5. The first-order chi connectivity index (χ1) is 7.60. The zero-order valence-electron chi connectivity index (χ0n) is 9.24. The van der Waals surface area contributed by atoms with E-state index in [2.05, 4.69) is 4.74 Å². The number of anilines is 1. The third kappa shape index (κ3) is 2.87. The molecule has 0 saturated heterocycles. The van der Waals surface area contributed by atoms with E-state index in [0.29, 0.717) is 22.8 Å². The summed E-state index contributed by atoms with van der Waals surface area (Å²) < 4.78 is 4.62. The van der Waals surface area contributed by atoms with Crippen molar-refractivity contribution < 1.29 is 14.6 Å². The van der Waals surface area contributed by atoms with Crippen LogP contribution >= 0.6 is 11.6 Å². The monoisotopic (exact) mass is 243 g/mol. The van der Waals surface area contributed by atoms with Gasteiger partial charge in [0, 0.05) is 13.6 Å². The number of carbonyl (C=O) groups is 1. The number of benzene rings is 1. The van der Waals surface area contributed by atoms with Gasteiger partial charge in [0.2, 0.25) is 0 Å². The summed E-state index contributed by atoms with van der Waals surface area (Å²) in [6.45, 7) is 0.472. The molecular formula is C11H14ClNO3. The van der Waals surface area contributed by atoms with E-state index >= 15 is 0 Å². The topological polar surface area (TPSA) is 49.8 Å². The van der Waals surface area contributed by atoms with Gasteiger partial charge in [-0.05, 0) is 18.2 Å². The van der Waals surface area contributed by atoms with Gasteiger partial charge >= 0.3 is 5.97 Å². The van der Waals surface area contributed by atoms with Crippen LogP contribution in [0.3, 0.4) is 0 Å². The van der Waals surface area contributed by atoms with Crippen LogP contribution in [0.5, 0.6) is 0 Å². The van der Waals surface area contributed by atoms with Crippen LogP contribution in [0.2, 0.25) is 5.02 Å². The zero-order valence-corrected chi connectivity index (χ0v) is 9.99. The van der Waals surface area contributed by atoms with Crippen LogP contribution in [0.1, 0.15) is 10.4 Å². The molecule has 0 fully saturated rings. The highest BCUT2D eigenvalue weighted by Gasteiger charge is 2.11. The Morgan fingerprint density at radius 3 is 2.81 bits per heavy atom. The molecule has 0 amide bonds. The van der Waals surface area contributed by atoms with Gasteiger partial charge in [0.25, 0.3) is 0 Å². The van der Waals surface area contributed by atoms with Crippen LogP contribution < -0.4 is 4.90 Å². The molecule has 1 N–H and O–H groups in total. The van der Waals surface area contributed by atoms with Crippen LogP contribution in [0.15, 0.2) is 18.2 Å². The smallest absolute Gasteiger partial charge is 0.337 e. The van der Waals surface area contributed by atoms with Gasteiger partial charge in [0.15, 0.2) is 0 Å². The first-order valence-corrected chi connectivity index (χ1v) is 5.17. The molecule has 0 bridgehead atoms. The second kappa shape index (κ2) is 5.72. The number of hydrogen-bond donors (Lipinski definition) is 1. The number of ether oxygens (including phenoxy) is 1. The molecule has 88 valence electrons. The second-order valence-corrected chi connectivity index (χ2v) is 3.71. The highest BCUT2D eigenvalue weighted by Crippen LogP contribution is 2.26. The summed E-state index contributed by atoms with van der Waals surface area (Å²) in [6, 6.07) is 4.88. The summed E-state index contributed by atoms with van der Waals surface area (Å²) >= 11 is 6.00. The van der Waals surface area contributed by atoms with Crippen LogP contribution in [0.25, 0.3) is 0 Å². The van der Waals surface area contributed by atoms with Crippen molar-refractivity contribution in [1.82, 2.24) is 0 Å². The van der Waals surface area contributed by atoms with Crippen molar-refractivity contribution in [2.24, 2.45) is 0 Å². The van der Waals surface area contributed by atoms with Gasteiger partial charge in [0.05, 0.1) is 30.0 Å². The summed E-state index contributed by atoms with van der Waals surface area (Å²) in [6.07, 6.45) is 0. The number of aliphatic hydroxyl groups excluding tert-OH is 1. The molecule has 1 aromatic carbocycles. The highest BCUT2D eigenvalue weighted by molar-refractivity contribution is 6.33. The largest absolute Gasteiger partial charge is 0.465 e. The molecule has 16 heavy (non-hydrogen) atoms. The molecule has 4 nitrogen and oxygen atoms in total. The average Bonchev–Trinajstić information content (AvgIpc) is 2.29. The van der Waals surface area contributed by atoms with E-state index in [4.69, 9.17) is 16.7 Å². The fourth-order valence-corrected chi connectivity index (χ4v) is 1.58. The Hall–Kier alpha value is -1.26. The summed E-state index contributed by atoms with van der Waals surface area (Å²) in [7, 11) is 3.12. The maximum absolute atomic E-state index is 11.3. The van der Waals surface area contributed by atoms with E-state index in [9.17, 15) is 4.79 Å². The molecule has 0 saturated carbocycles. The first-order valence-electron chi connectivity index (χ1n) is 4.80.